The Kier molecular flexibility index (Phi) is 3.48. The zero-order chi connectivity index (χ0) is 13.4. The van der Waals surface area contributed by atoms with Crippen molar-refractivity contribution in [3.05, 3.63) is 29.3 Å². The van der Waals surface area contributed by atoms with Gasteiger partial charge in [-0.2, -0.15) is 0 Å². The first-order chi connectivity index (χ1) is 9.10. The van der Waals surface area contributed by atoms with Gasteiger partial charge in [0.1, 0.15) is 0 Å². The van der Waals surface area contributed by atoms with Crippen LogP contribution in [0.25, 0.3) is 0 Å². The number of benzene rings is 1. The minimum Gasteiger partial charge on any atom is -0.359 e. The highest BCUT2D eigenvalue weighted by atomic mass is 32.1. The zero-order valence-corrected chi connectivity index (χ0v) is 12.5. The molecule has 0 aromatic heterocycles. The molecule has 0 heterocycles. The van der Waals surface area contributed by atoms with Crippen molar-refractivity contribution in [1.29, 1.82) is 0 Å². The van der Waals surface area contributed by atoms with Crippen molar-refractivity contribution in [2.75, 3.05) is 5.32 Å². The molecule has 2 fully saturated rings. The summed E-state index contributed by atoms with van der Waals surface area (Å²) in [5.41, 5.74) is 3.63. The van der Waals surface area contributed by atoms with E-state index in [4.69, 9.17) is 12.2 Å². The van der Waals surface area contributed by atoms with E-state index in [-0.39, 0.29) is 0 Å². The lowest BCUT2D eigenvalue weighted by atomic mass is 9.95. The van der Waals surface area contributed by atoms with Gasteiger partial charge >= 0.3 is 0 Å². The average molecular weight is 274 g/mol. The Morgan fingerprint density at radius 1 is 1.11 bits per heavy atom. The van der Waals surface area contributed by atoms with Crippen LogP contribution in [-0.2, 0) is 0 Å². The van der Waals surface area contributed by atoms with Gasteiger partial charge in [0.05, 0.1) is 0 Å². The van der Waals surface area contributed by atoms with Crippen molar-refractivity contribution in [2.45, 2.75) is 45.6 Å². The summed E-state index contributed by atoms with van der Waals surface area (Å²) in [7, 11) is 0. The van der Waals surface area contributed by atoms with Crippen LogP contribution < -0.4 is 10.6 Å². The van der Waals surface area contributed by atoms with Gasteiger partial charge in [-0.1, -0.05) is 12.5 Å². The second kappa shape index (κ2) is 5.12. The van der Waals surface area contributed by atoms with Crippen molar-refractivity contribution in [1.82, 2.24) is 5.32 Å². The van der Waals surface area contributed by atoms with Gasteiger partial charge in [-0.3, -0.25) is 0 Å². The number of aryl methyl sites for hydroxylation is 2. The topological polar surface area (TPSA) is 24.1 Å². The maximum absolute atomic E-state index is 5.45. The monoisotopic (exact) mass is 274 g/mol. The van der Waals surface area contributed by atoms with Gasteiger partial charge in [0, 0.05) is 11.7 Å². The lowest BCUT2D eigenvalue weighted by Gasteiger charge is -2.24. The first-order valence-electron chi connectivity index (χ1n) is 7.26. The standard InChI is InChI=1S/C16H22N2S/c1-10-5-11(2)7-14(6-10)17-16(19)18-15-9-12-3-4-13(15)8-12/h5-7,12-13,15H,3-4,8-9H2,1-2H3,(H2,17,18,19)/t12-,13-,15-/m1/s1. The fourth-order valence-electron chi connectivity index (χ4n) is 3.80. The molecule has 2 bridgehead atoms. The number of hydrogen-bond acceptors (Lipinski definition) is 1. The average Bonchev–Trinajstić information content (AvgIpc) is 2.88. The summed E-state index contributed by atoms with van der Waals surface area (Å²) in [5, 5.41) is 7.63. The van der Waals surface area contributed by atoms with Crippen molar-refractivity contribution in [2.24, 2.45) is 11.8 Å². The highest BCUT2D eigenvalue weighted by Crippen LogP contribution is 2.44. The van der Waals surface area contributed by atoms with E-state index in [0.29, 0.717) is 6.04 Å². The Balaban J connectivity index is 1.59. The second-order valence-electron chi connectivity index (χ2n) is 6.26. The largest absolute Gasteiger partial charge is 0.359 e. The molecular formula is C16H22N2S. The third-order valence-electron chi connectivity index (χ3n) is 4.53. The van der Waals surface area contributed by atoms with E-state index < -0.39 is 0 Å². The normalized spacial score (nSPS) is 28.4. The predicted molar refractivity (Wildman–Crippen MR) is 84.5 cm³/mol. The van der Waals surface area contributed by atoms with E-state index in [0.717, 1.165) is 22.6 Å². The van der Waals surface area contributed by atoms with Gasteiger partial charge in [-0.25, -0.2) is 0 Å². The fourth-order valence-corrected chi connectivity index (χ4v) is 4.07. The highest BCUT2D eigenvalue weighted by Gasteiger charge is 2.39. The third kappa shape index (κ3) is 2.92. The van der Waals surface area contributed by atoms with Crippen LogP contribution in [0.4, 0.5) is 5.69 Å². The van der Waals surface area contributed by atoms with Gasteiger partial charge in [-0.15, -0.1) is 0 Å². The van der Waals surface area contributed by atoms with Gasteiger partial charge in [-0.05, 0) is 80.4 Å². The number of nitrogens with one attached hydrogen (secondary N) is 2. The summed E-state index contributed by atoms with van der Waals surface area (Å²) in [5.74, 6) is 1.80. The Labute approximate surface area is 121 Å². The molecule has 2 saturated carbocycles. The summed E-state index contributed by atoms with van der Waals surface area (Å²) in [6, 6.07) is 7.06. The second-order valence-corrected chi connectivity index (χ2v) is 6.66. The van der Waals surface area contributed by atoms with Crippen molar-refractivity contribution < 1.29 is 0 Å². The van der Waals surface area contributed by atoms with E-state index in [1.165, 1.54) is 36.8 Å². The summed E-state index contributed by atoms with van der Waals surface area (Å²) in [6.45, 7) is 4.23. The van der Waals surface area contributed by atoms with Crippen molar-refractivity contribution >= 4 is 23.0 Å². The van der Waals surface area contributed by atoms with E-state index in [9.17, 15) is 0 Å². The molecule has 1 aromatic rings. The molecule has 0 unspecified atom stereocenters. The van der Waals surface area contributed by atoms with Crippen molar-refractivity contribution in [3.8, 4) is 0 Å². The molecule has 3 rings (SSSR count). The molecule has 0 spiro atoms. The molecule has 3 atom stereocenters. The Morgan fingerprint density at radius 2 is 1.84 bits per heavy atom. The molecule has 2 N–H and O–H groups in total. The van der Waals surface area contributed by atoms with Gasteiger partial charge in [0.2, 0.25) is 0 Å². The number of fused-ring (bicyclic) bond motifs is 2. The summed E-state index contributed by atoms with van der Waals surface area (Å²) in [4.78, 5) is 0. The molecule has 0 amide bonds. The Bertz CT molecular complexity index is 477. The van der Waals surface area contributed by atoms with Crippen LogP contribution in [0, 0.1) is 25.7 Å². The lowest BCUT2D eigenvalue weighted by Crippen LogP contribution is -2.40. The number of rotatable bonds is 2. The van der Waals surface area contributed by atoms with E-state index in [1.807, 2.05) is 0 Å². The summed E-state index contributed by atoms with van der Waals surface area (Å²) >= 11 is 5.45. The Hall–Kier alpha value is -1.09. The van der Waals surface area contributed by atoms with Crippen molar-refractivity contribution in [3.63, 3.8) is 0 Å². The number of anilines is 1. The predicted octanol–water partition coefficient (Wildman–Crippen LogP) is 3.78. The van der Waals surface area contributed by atoms with Crippen LogP contribution in [0.5, 0.6) is 0 Å². The SMILES string of the molecule is Cc1cc(C)cc(NC(=S)N[C@@H]2C[C@@H]3CC[C@@H]2C3)c1. The van der Waals surface area contributed by atoms with E-state index in [2.05, 4.69) is 42.7 Å². The third-order valence-corrected chi connectivity index (χ3v) is 4.75. The maximum Gasteiger partial charge on any atom is 0.171 e. The molecule has 1 aromatic carbocycles. The molecule has 0 aliphatic heterocycles. The van der Waals surface area contributed by atoms with Crippen LogP contribution in [0.3, 0.4) is 0 Å². The maximum atomic E-state index is 5.45. The van der Waals surface area contributed by atoms with Crippen LogP contribution in [-0.4, -0.2) is 11.2 Å². The van der Waals surface area contributed by atoms with Crippen LogP contribution in [0.1, 0.15) is 36.8 Å². The van der Waals surface area contributed by atoms with Gasteiger partial charge in [0.25, 0.3) is 0 Å². The van der Waals surface area contributed by atoms with Crippen LogP contribution >= 0.6 is 12.2 Å². The molecule has 19 heavy (non-hydrogen) atoms. The number of hydrogen-bond donors (Lipinski definition) is 2. The zero-order valence-electron chi connectivity index (χ0n) is 11.7. The van der Waals surface area contributed by atoms with E-state index in [1.54, 1.807) is 0 Å². The minimum atomic E-state index is 0.602. The minimum absolute atomic E-state index is 0.602. The van der Waals surface area contributed by atoms with Crippen LogP contribution in [0.2, 0.25) is 0 Å². The van der Waals surface area contributed by atoms with Crippen LogP contribution in [0.15, 0.2) is 18.2 Å². The molecule has 2 aliphatic rings. The molecule has 2 nitrogen and oxygen atoms in total. The summed E-state index contributed by atoms with van der Waals surface area (Å²) < 4.78 is 0. The lowest BCUT2D eigenvalue weighted by molar-refractivity contribution is 0.392. The first-order valence-corrected chi connectivity index (χ1v) is 7.67. The molecule has 102 valence electrons. The van der Waals surface area contributed by atoms with Gasteiger partial charge < -0.3 is 10.6 Å². The fraction of sp³-hybridized carbons (Fsp3) is 0.562. The number of thiocarbonyl (C=S) groups is 1. The molecule has 0 radical (unpaired) electrons. The van der Waals surface area contributed by atoms with Gasteiger partial charge in [0.15, 0.2) is 5.11 Å². The highest BCUT2D eigenvalue weighted by molar-refractivity contribution is 7.80. The first kappa shape index (κ1) is 12.9. The summed E-state index contributed by atoms with van der Waals surface area (Å²) in [6.07, 6.45) is 5.53. The smallest absolute Gasteiger partial charge is 0.171 e. The quantitative estimate of drug-likeness (QED) is 0.803. The van der Waals surface area contributed by atoms with E-state index >= 15 is 0 Å². The molecule has 2 aliphatic carbocycles. The molecule has 0 saturated heterocycles. The Morgan fingerprint density at radius 3 is 2.42 bits per heavy atom. The molecule has 3 heteroatoms. The molecular weight excluding hydrogens is 252 g/mol.